The minimum atomic E-state index is 0.324. The Morgan fingerprint density at radius 3 is 3.11 bits per heavy atom. The van der Waals surface area contributed by atoms with Crippen molar-refractivity contribution in [3.8, 4) is 0 Å². The molecule has 1 aromatic rings. The summed E-state index contributed by atoms with van der Waals surface area (Å²) in [6.45, 7) is 2.71. The van der Waals surface area contributed by atoms with E-state index in [-0.39, 0.29) is 0 Å². The summed E-state index contributed by atoms with van der Waals surface area (Å²) in [6.07, 6.45) is 6.92. The molecule has 1 saturated heterocycles. The Morgan fingerprint density at radius 1 is 1.47 bits per heavy atom. The van der Waals surface area contributed by atoms with Crippen LogP contribution in [0.25, 0.3) is 0 Å². The van der Waals surface area contributed by atoms with Crippen molar-refractivity contribution >= 4 is 22.9 Å². The highest BCUT2D eigenvalue weighted by Gasteiger charge is 2.23. The van der Waals surface area contributed by atoms with Crippen LogP contribution in [0.4, 0.5) is 0 Å². The summed E-state index contributed by atoms with van der Waals surface area (Å²) in [4.78, 5) is 7.09. The van der Waals surface area contributed by atoms with E-state index in [0.29, 0.717) is 18.5 Å². The molecule has 0 spiro atoms. The average Bonchev–Trinajstić information content (AvgIpc) is 3.05. The first-order chi connectivity index (χ1) is 9.33. The van der Waals surface area contributed by atoms with E-state index in [1.807, 2.05) is 0 Å². The Bertz CT molecular complexity index is 372. The number of hydrogen-bond donors (Lipinski definition) is 1. The van der Waals surface area contributed by atoms with Gasteiger partial charge in [-0.3, -0.25) is 0 Å². The zero-order valence-electron chi connectivity index (χ0n) is 11.4. The number of rotatable bonds is 8. The van der Waals surface area contributed by atoms with Gasteiger partial charge in [0.25, 0.3) is 0 Å². The SMILES string of the molecule is OCCCC1CCCN1CCCc1nc(CCl)cs1. The van der Waals surface area contributed by atoms with Gasteiger partial charge in [0.15, 0.2) is 0 Å². The van der Waals surface area contributed by atoms with Crippen molar-refractivity contribution in [3.63, 3.8) is 0 Å². The summed E-state index contributed by atoms with van der Waals surface area (Å²) in [7, 11) is 0. The van der Waals surface area contributed by atoms with E-state index in [2.05, 4.69) is 15.3 Å². The molecular formula is C14H23ClN2OS. The summed E-state index contributed by atoms with van der Waals surface area (Å²) >= 11 is 7.49. The van der Waals surface area contributed by atoms with E-state index in [1.165, 1.54) is 30.8 Å². The number of halogens is 1. The van der Waals surface area contributed by atoms with Gasteiger partial charge in [-0.15, -0.1) is 22.9 Å². The number of thiazole rings is 1. The lowest BCUT2D eigenvalue weighted by molar-refractivity contribution is 0.214. The lowest BCUT2D eigenvalue weighted by Gasteiger charge is -2.23. The largest absolute Gasteiger partial charge is 0.396 e. The van der Waals surface area contributed by atoms with Crippen LogP contribution in [0.15, 0.2) is 5.38 Å². The second-order valence-electron chi connectivity index (χ2n) is 5.17. The Hall–Kier alpha value is -0.160. The molecule has 2 heterocycles. The second kappa shape index (κ2) is 8.20. The van der Waals surface area contributed by atoms with E-state index >= 15 is 0 Å². The Morgan fingerprint density at radius 2 is 2.37 bits per heavy atom. The number of aryl methyl sites for hydroxylation is 1. The molecule has 0 radical (unpaired) electrons. The number of aliphatic hydroxyl groups excluding tert-OH is 1. The van der Waals surface area contributed by atoms with Crippen molar-refractivity contribution in [1.29, 1.82) is 0 Å². The third kappa shape index (κ3) is 4.71. The van der Waals surface area contributed by atoms with Crippen LogP contribution in [0.1, 0.15) is 42.8 Å². The zero-order valence-corrected chi connectivity index (χ0v) is 12.9. The fourth-order valence-corrected chi connectivity index (χ4v) is 3.87. The van der Waals surface area contributed by atoms with Crippen LogP contribution in [0.2, 0.25) is 0 Å². The molecule has 2 rings (SSSR count). The predicted octanol–water partition coefficient (Wildman–Crippen LogP) is 3.05. The van der Waals surface area contributed by atoms with E-state index in [9.17, 15) is 0 Å². The fourth-order valence-electron chi connectivity index (χ4n) is 2.80. The topological polar surface area (TPSA) is 36.4 Å². The highest BCUT2D eigenvalue weighted by atomic mass is 35.5. The van der Waals surface area contributed by atoms with Gasteiger partial charge in [0, 0.05) is 24.4 Å². The van der Waals surface area contributed by atoms with E-state index in [0.717, 1.165) is 31.5 Å². The number of likely N-dealkylation sites (tertiary alicyclic amines) is 1. The Kier molecular flexibility index (Phi) is 6.57. The van der Waals surface area contributed by atoms with Crippen LogP contribution in [-0.2, 0) is 12.3 Å². The predicted molar refractivity (Wildman–Crippen MR) is 80.9 cm³/mol. The molecule has 0 aliphatic carbocycles. The lowest BCUT2D eigenvalue weighted by Crippen LogP contribution is -2.30. The van der Waals surface area contributed by atoms with Crippen LogP contribution in [0.5, 0.6) is 0 Å². The maximum atomic E-state index is 8.93. The van der Waals surface area contributed by atoms with Crippen molar-refractivity contribution < 1.29 is 5.11 Å². The molecule has 1 aliphatic rings. The Balaban J connectivity index is 1.69. The van der Waals surface area contributed by atoms with Gasteiger partial charge in [0.05, 0.1) is 16.6 Å². The third-order valence-electron chi connectivity index (χ3n) is 3.77. The molecular weight excluding hydrogens is 280 g/mol. The fraction of sp³-hybridized carbons (Fsp3) is 0.786. The lowest BCUT2D eigenvalue weighted by atomic mass is 10.1. The quantitative estimate of drug-likeness (QED) is 0.750. The van der Waals surface area contributed by atoms with Crippen LogP contribution in [0.3, 0.4) is 0 Å². The van der Waals surface area contributed by atoms with Gasteiger partial charge in [-0.25, -0.2) is 4.98 Å². The molecule has 3 nitrogen and oxygen atoms in total. The van der Waals surface area contributed by atoms with Gasteiger partial charge in [-0.2, -0.15) is 0 Å². The molecule has 19 heavy (non-hydrogen) atoms. The zero-order chi connectivity index (χ0) is 13.5. The van der Waals surface area contributed by atoms with Crippen molar-refractivity contribution in [2.24, 2.45) is 0 Å². The molecule has 1 atom stereocenters. The maximum absolute atomic E-state index is 8.93. The molecule has 108 valence electrons. The first-order valence-corrected chi connectivity index (χ1v) is 8.59. The summed E-state index contributed by atoms with van der Waals surface area (Å²) < 4.78 is 0. The average molecular weight is 303 g/mol. The van der Waals surface area contributed by atoms with Gasteiger partial charge >= 0.3 is 0 Å². The summed E-state index contributed by atoms with van der Waals surface area (Å²) in [5.41, 5.74) is 1.00. The number of hydrogen-bond acceptors (Lipinski definition) is 4. The smallest absolute Gasteiger partial charge is 0.0929 e. The summed E-state index contributed by atoms with van der Waals surface area (Å²) in [6, 6.07) is 0.696. The highest BCUT2D eigenvalue weighted by molar-refractivity contribution is 7.09. The minimum absolute atomic E-state index is 0.324. The van der Waals surface area contributed by atoms with Gasteiger partial charge in [-0.1, -0.05) is 0 Å². The number of nitrogens with zero attached hydrogens (tertiary/aromatic N) is 2. The monoisotopic (exact) mass is 302 g/mol. The van der Waals surface area contributed by atoms with Gasteiger partial charge in [0.1, 0.15) is 0 Å². The first-order valence-electron chi connectivity index (χ1n) is 7.17. The van der Waals surface area contributed by atoms with Crippen LogP contribution < -0.4 is 0 Å². The Labute approximate surface area is 124 Å². The molecule has 1 aromatic heterocycles. The second-order valence-corrected chi connectivity index (χ2v) is 6.38. The van der Waals surface area contributed by atoms with Crippen LogP contribution in [-0.4, -0.2) is 40.7 Å². The third-order valence-corrected chi connectivity index (χ3v) is 5.00. The highest BCUT2D eigenvalue weighted by Crippen LogP contribution is 2.22. The molecule has 1 aliphatic heterocycles. The van der Waals surface area contributed by atoms with Crippen molar-refractivity contribution in [2.45, 2.75) is 50.4 Å². The van der Waals surface area contributed by atoms with Crippen molar-refractivity contribution in [2.75, 3.05) is 19.7 Å². The molecule has 0 amide bonds. The van der Waals surface area contributed by atoms with Crippen LogP contribution >= 0.6 is 22.9 Å². The number of aliphatic hydroxyl groups is 1. The van der Waals surface area contributed by atoms with E-state index in [4.69, 9.17) is 16.7 Å². The summed E-state index contributed by atoms with van der Waals surface area (Å²) in [5, 5.41) is 12.2. The van der Waals surface area contributed by atoms with E-state index < -0.39 is 0 Å². The number of alkyl halides is 1. The molecule has 0 bridgehead atoms. The molecule has 1 fully saturated rings. The minimum Gasteiger partial charge on any atom is -0.396 e. The standard InChI is InChI=1S/C14H23ClN2OS/c15-10-12-11-19-14(16-12)6-2-8-17-7-1-4-13(17)5-3-9-18/h11,13,18H,1-10H2. The molecule has 0 aromatic carbocycles. The normalized spacial score (nSPS) is 20.2. The number of aromatic nitrogens is 1. The van der Waals surface area contributed by atoms with Crippen molar-refractivity contribution in [3.05, 3.63) is 16.1 Å². The molecule has 5 heteroatoms. The maximum Gasteiger partial charge on any atom is 0.0929 e. The molecule has 1 N–H and O–H groups in total. The molecule has 0 saturated carbocycles. The van der Waals surface area contributed by atoms with Crippen molar-refractivity contribution in [1.82, 2.24) is 9.88 Å². The van der Waals surface area contributed by atoms with Gasteiger partial charge < -0.3 is 10.0 Å². The van der Waals surface area contributed by atoms with Gasteiger partial charge in [-0.05, 0) is 45.2 Å². The van der Waals surface area contributed by atoms with E-state index in [1.54, 1.807) is 11.3 Å². The first kappa shape index (κ1) is 15.2. The van der Waals surface area contributed by atoms with Crippen LogP contribution in [0, 0.1) is 0 Å². The molecule has 1 unspecified atom stereocenters. The summed E-state index contributed by atoms with van der Waals surface area (Å²) in [5.74, 6) is 0.520. The van der Waals surface area contributed by atoms with Gasteiger partial charge in [0.2, 0.25) is 0 Å².